The lowest BCUT2D eigenvalue weighted by Gasteiger charge is -2.65. The van der Waals surface area contributed by atoms with E-state index >= 15 is 0 Å². The highest BCUT2D eigenvalue weighted by Crippen LogP contribution is 2.65. The van der Waals surface area contributed by atoms with E-state index in [-0.39, 0.29) is 5.60 Å². The molecule has 1 saturated heterocycles. The summed E-state index contributed by atoms with van der Waals surface area (Å²) in [4.78, 5) is 0. The summed E-state index contributed by atoms with van der Waals surface area (Å²) in [6, 6.07) is 0. The zero-order valence-corrected chi connectivity index (χ0v) is 13.6. The number of fused-ring (bicyclic) bond motifs is 3. The van der Waals surface area contributed by atoms with Crippen LogP contribution < -0.4 is 0 Å². The summed E-state index contributed by atoms with van der Waals surface area (Å²) >= 11 is 0. The van der Waals surface area contributed by atoms with Crippen molar-refractivity contribution in [2.75, 3.05) is 6.61 Å². The SMILES string of the molecule is C[C@H]1CCO[C@]2(C)CC[C@H]3C(C)(C)CCC[C@]3(C)[C@@H]12. The van der Waals surface area contributed by atoms with Crippen molar-refractivity contribution in [3.63, 3.8) is 0 Å². The average Bonchev–Trinajstić information content (AvgIpc) is 2.26. The van der Waals surface area contributed by atoms with E-state index in [0.29, 0.717) is 10.8 Å². The molecule has 110 valence electrons. The van der Waals surface area contributed by atoms with Gasteiger partial charge in [0.2, 0.25) is 0 Å². The van der Waals surface area contributed by atoms with Crippen LogP contribution in [0.15, 0.2) is 0 Å². The van der Waals surface area contributed by atoms with E-state index in [4.69, 9.17) is 4.74 Å². The lowest BCUT2D eigenvalue weighted by Crippen LogP contribution is -2.62. The van der Waals surface area contributed by atoms with Crippen molar-refractivity contribution in [3.05, 3.63) is 0 Å². The minimum absolute atomic E-state index is 0.163. The molecule has 2 aliphatic carbocycles. The molecule has 3 rings (SSSR count). The number of rotatable bonds is 0. The molecule has 0 spiro atoms. The van der Waals surface area contributed by atoms with Gasteiger partial charge in [-0.3, -0.25) is 0 Å². The highest BCUT2D eigenvalue weighted by Gasteiger charge is 2.60. The molecular formula is C18H32O. The van der Waals surface area contributed by atoms with Crippen molar-refractivity contribution in [1.82, 2.24) is 0 Å². The van der Waals surface area contributed by atoms with Crippen LogP contribution in [0.25, 0.3) is 0 Å². The third-order valence-electron chi connectivity index (χ3n) is 7.15. The summed E-state index contributed by atoms with van der Waals surface area (Å²) in [5.41, 5.74) is 1.20. The molecule has 1 heterocycles. The van der Waals surface area contributed by atoms with Crippen LogP contribution in [0.5, 0.6) is 0 Å². The molecule has 0 unspecified atom stereocenters. The maximum absolute atomic E-state index is 6.32. The Balaban J connectivity index is 2.01. The van der Waals surface area contributed by atoms with Crippen LogP contribution in [-0.2, 0) is 4.74 Å². The predicted molar refractivity (Wildman–Crippen MR) is 80.1 cm³/mol. The van der Waals surface area contributed by atoms with Gasteiger partial charge in [-0.2, -0.15) is 0 Å². The fraction of sp³-hybridized carbons (Fsp3) is 1.00. The second-order valence-corrected chi connectivity index (χ2v) is 8.84. The van der Waals surface area contributed by atoms with Crippen LogP contribution in [0.2, 0.25) is 0 Å². The Morgan fingerprint density at radius 1 is 0.947 bits per heavy atom. The van der Waals surface area contributed by atoms with Gasteiger partial charge in [-0.1, -0.05) is 34.1 Å². The molecule has 3 fully saturated rings. The Kier molecular flexibility index (Phi) is 3.10. The van der Waals surface area contributed by atoms with Gasteiger partial charge in [-0.15, -0.1) is 0 Å². The fourth-order valence-electron chi connectivity index (χ4n) is 6.60. The van der Waals surface area contributed by atoms with E-state index in [1.807, 2.05) is 0 Å². The first-order chi connectivity index (χ1) is 8.80. The van der Waals surface area contributed by atoms with E-state index in [2.05, 4.69) is 34.6 Å². The second-order valence-electron chi connectivity index (χ2n) is 8.84. The predicted octanol–water partition coefficient (Wildman–Crippen LogP) is 5.04. The summed E-state index contributed by atoms with van der Waals surface area (Å²) < 4.78 is 6.32. The van der Waals surface area contributed by atoms with Gasteiger partial charge in [0.1, 0.15) is 0 Å². The summed E-state index contributed by atoms with van der Waals surface area (Å²) in [5.74, 6) is 2.50. The number of hydrogen-bond donors (Lipinski definition) is 0. The quantitative estimate of drug-likeness (QED) is 0.595. The smallest absolute Gasteiger partial charge is 0.0690 e. The summed E-state index contributed by atoms with van der Waals surface area (Å²) in [5, 5.41) is 0. The van der Waals surface area contributed by atoms with E-state index in [1.165, 1.54) is 38.5 Å². The summed E-state index contributed by atoms with van der Waals surface area (Å²) in [7, 11) is 0. The van der Waals surface area contributed by atoms with Crippen molar-refractivity contribution in [2.45, 2.75) is 78.7 Å². The Morgan fingerprint density at radius 3 is 2.42 bits per heavy atom. The second kappa shape index (κ2) is 4.23. The fourth-order valence-corrected chi connectivity index (χ4v) is 6.60. The number of hydrogen-bond acceptors (Lipinski definition) is 1. The molecular weight excluding hydrogens is 232 g/mol. The van der Waals surface area contributed by atoms with Crippen molar-refractivity contribution >= 4 is 0 Å². The van der Waals surface area contributed by atoms with E-state index in [0.717, 1.165) is 24.4 Å². The highest BCUT2D eigenvalue weighted by atomic mass is 16.5. The molecule has 0 aromatic carbocycles. The van der Waals surface area contributed by atoms with Gasteiger partial charge in [-0.05, 0) is 67.6 Å². The van der Waals surface area contributed by atoms with Crippen LogP contribution in [0.4, 0.5) is 0 Å². The van der Waals surface area contributed by atoms with E-state index < -0.39 is 0 Å². The maximum Gasteiger partial charge on any atom is 0.0690 e. The van der Waals surface area contributed by atoms with Crippen molar-refractivity contribution in [3.8, 4) is 0 Å². The monoisotopic (exact) mass is 264 g/mol. The van der Waals surface area contributed by atoms with Crippen LogP contribution in [0.3, 0.4) is 0 Å². The van der Waals surface area contributed by atoms with Gasteiger partial charge in [-0.25, -0.2) is 0 Å². The minimum Gasteiger partial charge on any atom is -0.375 e. The Hall–Kier alpha value is -0.0400. The molecule has 0 amide bonds. The third-order valence-corrected chi connectivity index (χ3v) is 7.15. The van der Waals surface area contributed by atoms with Gasteiger partial charge in [0.15, 0.2) is 0 Å². The van der Waals surface area contributed by atoms with Crippen LogP contribution >= 0.6 is 0 Å². The Labute approximate surface area is 119 Å². The van der Waals surface area contributed by atoms with Crippen LogP contribution in [0.1, 0.15) is 73.1 Å². The zero-order chi connectivity index (χ0) is 13.9. The molecule has 0 N–H and O–H groups in total. The lowest BCUT2D eigenvalue weighted by atomic mass is 9.43. The Morgan fingerprint density at radius 2 is 1.68 bits per heavy atom. The molecule has 2 saturated carbocycles. The van der Waals surface area contributed by atoms with Crippen LogP contribution in [-0.4, -0.2) is 12.2 Å². The van der Waals surface area contributed by atoms with Gasteiger partial charge >= 0.3 is 0 Å². The third kappa shape index (κ3) is 1.91. The molecule has 3 aliphatic rings. The largest absolute Gasteiger partial charge is 0.375 e. The molecule has 0 bridgehead atoms. The van der Waals surface area contributed by atoms with Gasteiger partial charge in [0, 0.05) is 6.61 Å². The summed E-state index contributed by atoms with van der Waals surface area (Å²) in [6.07, 6.45) is 8.19. The van der Waals surface area contributed by atoms with Gasteiger partial charge < -0.3 is 4.74 Å². The van der Waals surface area contributed by atoms with E-state index in [9.17, 15) is 0 Å². The summed E-state index contributed by atoms with van der Waals surface area (Å²) in [6.45, 7) is 13.5. The topological polar surface area (TPSA) is 9.23 Å². The number of ether oxygens (including phenoxy) is 1. The standard InChI is InChI=1S/C18H32O/c1-13-8-12-19-18(5)11-7-14-16(2,3)9-6-10-17(14,4)15(13)18/h13-15H,6-12H2,1-5H3/t13-,14-,15+,17-,18+/m0/s1. The first-order valence-electron chi connectivity index (χ1n) is 8.44. The molecule has 1 heteroatoms. The maximum atomic E-state index is 6.32. The molecule has 0 radical (unpaired) electrons. The average molecular weight is 264 g/mol. The lowest BCUT2D eigenvalue weighted by molar-refractivity contribution is -0.230. The van der Waals surface area contributed by atoms with Gasteiger partial charge in [0.25, 0.3) is 0 Å². The molecule has 5 atom stereocenters. The van der Waals surface area contributed by atoms with Crippen molar-refractivity contribution in [1.29, 1.82) is 0 Å². The van der Waals surface area contributed by atoms with Gasteiger partial charge in [0.05, 0.1) is 5.60 Å². The molecule has 1 aliphatic heterocycles. The zero-order valence-electron chi connectivity index (χ0n) is 13.6. The minimum atomic E-state index is 0.163. The molecule has 1 nitrogen and oxygen atoms in total. The van der Waals surface area contributed by atoms with Crippen LogP contribution in [0, 0.1) is 28.6 Å². The first-order valence-corrected chi connectivity index (χ1v) is 8.44. The molecule has 0 aromatic heterocycles. The first kappa shape index (κ1) is 13.9. The highest BCUT2D eigenvalue weighted by molar-refractivity contribution is 5.10. The molecule has 0 aromatic rings. The van der Waals surface area contributed by atoms with Crippen molar-refractivity contribution < 1.29 is 4.74 Å². The van der Waals surface area contributed by atoms with E-state index in [1.54, 1.807) is 0 Å². The molecule has 19 heavy (non-hydrogen) atoms. The Bertz CT molecular complexity index is 361. The van der Waals surface area contributed by atoms with Crippen molar-refractivity contribution in [2.24, 2.45) is 28.6 Å². The normalized spacial score (nSPS) is 53.2.